The van der Waals surface area contributed by atoms with Crippen LogP contribution in [0.3, 0.4) is 0 Å². The van der Waals surface area contributed by atoms with E-state index in [-0.39, 0.29) is 24.4 Å². The summed E-state index contributed by atoms with van der Waals surface area (Å²) in [6, 6.07) is 7.38. The minimum absolute atomic E-state index is 0.00580. The van der Waals surface area contributed by atoms with Crippen LogP contribution in [0.1, 0.15) is 11.5 Å². The van der Waals surface area contributed by atoms with E-state index in [1.807, 2.05) is 31.6 Å². The first kappa shape index (κ1) is 21.9. The van der Waals surface area contributed by atoms with Crippen LogP contribution in [0, 0.1) is 0 Å². The van der Waals surface area contributed by atoms with Gasteiger partial charge in [0.2, 0.25) is 5.91 Å². The summed E-state index contributed by atoms with van der Waals surface area (Å²) in [4.78, 5) is 23.5. The van der Waals surface area contributed by atoms with Crippen molar-refractivity contribution in [3.05, 3.63) is 64.1 Å². The minimum atomic E-state index is -0.134. The van der Waals surface area contributed by atoms with Gasteiger partial charge in [0.15, 0.2) is 0 Å². The van der Waals surface area contributed by atoms with E-state index in [0.717, 1.165) is 21.8 Å². The highest BCUT2D eigenvalue weighted by molar-refractivity contribution is 6.33. The number of aromatic amines is 1. The van der Waals surface area contributed by atoms with Gasteiger partial charge in [0.05, 0.1) is 29.0 Å². The molecule has 1 N–H and O–H groups in total. The second-order valence-corrected chi connectivity index (χ2v) is 8.65. The second-order valence-electron chi connectivity index (χ2n) is 8.24. The number of halogens is 1. The Morgan fingerprint density at radius 2 is 2.12 bits per heavy atom. The zero-order chi connectivity index (χ0) is 23.8. The van der Waals surface area contributed by atoms with Gasteiger partial charge in [-0.15, -0.1) is 5.10 Å². The lowest BCUT2D eigenvalue weighted by atomic mass is 9.99. The molecule has 3 aromatic heterocycles. The highest BCUT2D eigenvalue weighted by atomic mass is 35.5. The van der Waals surface area contributed by atoms with Gasteiger partial charge in [-0.2, -0.15) is 5.10 Å². The third-order valence-corrected chi connectivity index (χ3v) is 6.00. The van der Waals surface area contributed by atoms with Crippen LogP contribution < -0.4 is 15.6 Å². The smallest absolute Gasteiger partial charge is 0.323 e. The van der Waals surface area contributed by atoms with Crippen molar-refractivity contribution in [3.8, 4) is 11.5 Å². The fourth-order valence-electron chi connectivity index (χ4n) is 3.81. The van der Waals surface area contributed by atoms with E-state index in [1.54, 1.807) is 42.0 Å². The molecule has 1 unspecified atom stereocenters. The number of nitrogens with zero attached hydrogens (tertiary/aromatic N) is 7. The molecule has 0 saturated carbocycles. The Kier molecular flexibility index (Phi) is 5.66. The first-order valence-corrected chi connectivity index (χ1v) is 11.1. The summed E-state index contributed by atoms with van der Waals surface area (Å²) in [5, 5.41) is 14.1. The molecule has 11 heteroatoms. The number of hydrogen-bond donors (Lipinski definition) is 1. The standard InChI is InChI=1S/C23H23ClN8O2/c1-30(2)20(33)13-32(19-7-5-4-6-18(19)24)23-29-28-22(34-23)17-11-26-21-16(17)8-14(9-25-21)15-10-27-31(3)12-15/h4-8,10-12,14H,9,13H2,1-3H3,(H,25,26). The Labute approximate surface area is 200 Å². The predicted octanol–water partition coefficient (Wildman–Crippen LogP) is 1.88. The van der Waals surface area contributed by atoms with Crippen molar-refractivity contribution < 1.29 is 9.21 Å². The van der Waals surface area contributed by atoms with Gasteiger partial charge in [0.1, 0.15) is 12.0 Å². The number of aromatic nitrogens is 5. The second kappa shape index (κ2) is 8.79. The number of aryl methyl sites for hydroxylation is 1. The third-order valence-electron chi connectivity index (χ3n) is 5.68. The number of fused-ring (bicyclic) bond motifs is 1. The molecule has 1 amide bonds. The van der Waals surface area contributed by atoms with Gasteiger partial charge >= 0.3 is 6.01 Å². The molecular formula is C23H23ClN8O2. The van der Waals surface area contributed by atoms with Gasteiger partial charge in [-0.25, -0.2) is 0 Å². The molecule has 0 spiro atoms. The molecular weight excluding hydrogens is 456 g/mol. The molecule has 0 fully saturated rings. The summed E-state index contributed by atoms with van der Waals surface area (Å²) in [5.74, 6) is 0.278. The molecule has 0 aliphatic carbocycles. The Hall–Kier alpha value is -3.92. The maximum atomic E-state index is 12.5. The topological polar surface area (TPSA) is 108 Å². The van der Waals surface area contributed by atoms with E-state index >= 15 is 0 Å². The quantitative estimate of drug-likeness (QED) is 0.453. The van der Waals surface area contributed by atoms with Crippen LogP contribution in [-0.4, -0.2) is 63.0 Å². The number of nitrogens with one attached hydrogen (secondary N) is 1. The molecule has 1 aliphatic rings. The molecule has 34 heavy (non-hydrogen) atoms. The summed E-state index contributed by atoms with van der Waals surface area (Å²) in [6.45, 7) is 0.620. The number of anilines is 2. The number of carbonyl (C=O) groups excluding carboxylic acids is 1. The number of para-hydroxylation sites is 1. The number of likely N-dealkylation sites (N-methyl/N-ethyl adjacent to an activating group) is 1. The minimum Gasteiger partial charge on any atom is -0.403 e. The van der Waals surface area contributed by atoms with Crippen molar-refractivity contribution in [1.29, 1.82) is 0 Å². The molecule has 0 bridgehead atoms. The van der Waals surface area contributed by atoms with Gasteiger partial charge in [0, 0.05) is 44.7 Å². The Bertz CT molecular complexity index is 1470. The van der Waals surface area contributed by atoms with E-state index in [4.69, 9.17) is 16.0 Å². The molecule has 174 valence electrons. The van der Waals surface area contributed by atoms with Crippen LogP contribution in [0.2, 0.25) is 5.02 Å². The summed E-state index contributed by atoms with van der Waals surface area (Å²) in [5.41, 5.74) is 3.19. The van der Waals surface area contributed by atoms with Crippen LogP contribution in [0.25, 0.3) is 17.5 Å². The SMILES string of the molecule is CN(C)C(=O)CN(c1nnc(-c2c[nH]c3c2=CC(c2cnn(C)c2)CN=3)o1)c1ccccc1Cl. The maximum absolute atomic E-state index is 12.5. The molecule has 0 saturated heterocycles. The third kappa shape index (κ3) is 4.08. The summed E-state index contributed by atoms with van der Waals surface area (Å²) in [7, 11) is 5.27. The zero-order valence-corrected chi connectivity index (χ0v) is 19.7. The van der Waals surface area contributed by atoms with Crippen molar-refractivity contribution >= 4 is 35.3 Å². The van der Waals surface area contributed by atoms with E-state index < -0.39 is 0 Å². The fraction of sp³-hybridized carbons (Fsp3) is 0.261. The maximum Gasteiger partial charge on any atom is 0.323 e. The van der Waals surface area contributed by atoms with Crippen molar-refractivity contribution in [2.24, 2.45) is 12.0 Å². The van der Waals surface area contributed by atoms with E-state index in [1.165, 1.54) is 4.90 Å². The Morgan fingerprint density at radius 1 is 1.29 bits per heavy atom. The fourth-order valence-corrected chi connectivity index (χ4v) is 4.05. The first-order chi connectivity index (χ1) is 16.4. The van der Waals surface area contributed by atoms with Crippen LogP contribution >= 0.6 is 11.6 Å². The van der Waals surface area contributed by atoms with Gasteiger partial charge in [-0.1, -0.05) is 34.9 Å². The van der Waals surface area contributed by atoms with E-state index in [2.05, 4.69) is 31.3 Å². The van der Waals surface area contributed by atoms with Gasteiger partial charge in [0.25, 0.3) is 5.89 Å². The summed E-state index contributed by atoms with van der Waals surface area (Å²) < 4.78 is 7.84. The monoisotopic (exact) mass is 478 g/mol. The molecule has 5 rings (SSSR count). The van der Waals surface area contributed by atoms with Gasteiger partial charge in [-0.05, 0) is 17.7 Å². The van der Waals surface area contributed by atoms with E-state index in [9.17, 15) is 4.79 Å². The molecule has 0 radical (unpaired) electrons. The highest BCUT2D eigenvalue weighted by Gasteiger charge is 2.24. The lowest BCUT2D eigenvalue weighted by Crippen LogP contribution is -2.34. The normalized spacial score (nSPS) is 14.8. The molecule has 1 aliphatic heterocycles. The van der Waals surface area contributed by atoms with Crippen LogP contribution in [0.15, 0.2) is 52.3 Å². The molecule has 4 aromatic rings. The van der Waals surface area contributed by atoms with Crippen molar-refractivity contribution in [2.75, 3.05) is 32.1 Å². The zero-order valence-electron chi connectivity index (χ0n) is 18.9. The first-order valence-electron chi connectivity index (χ1n) is 10.7. The van der Waals surface area contributed by atoms with Crippen LogP contribution in [0.4, 0.5) is 11.7 Å². The predicted molar refractivity (Wildman–Crippen MR) is 127 cm³/mol. The van der Waals surface area contributed by atoms with Crippen molar-refractivity contribution in [2.45, 2.75) is 5.92 Å². The van der Waals surface area contributed by atoms with Crippen LogP contribution in [-0.2, 0) is 11.8 Å². The number of benzene rings is 1. The number of hydrogen-bond acceptors (Lipinski definition) is 7. The average Bonchev–Trinajstić information content (AvgIpc) is 3.56. The molecule has 10 nitrogen and oxygen atoms in total. The Balaban J connectivity index is 1.53. The number of amides is 1. The lowest BCUT2D eigenvalue weighted by Gasteiger charge is -2.22. The van der Waals surface area contributed by atoms with Crippen molar-refractivity contribution in [3.63, 3.8) is 0 Å². The molecule has 1 atom stereocenters. The van der Waals surface area contributed by atoms with Gasteiger partial charge < -0.3 is 14.3 Å². The van der Waals surface area contributed by atoms with Gasteiger partial charge in [-0.3, -0.25) is 19.4 Å². The molecule has 1 aromatic carbocycles. The lowest BCUT2D eigenvalue weighted by molar-refractivity contribution is -0.127. The highest BCUT2D eigenvalue weighted by Crippen LogP contribution is 2.32. The number of carbonyl (C=O) groups is 1. The summed E-state index contributed by atoms with van der Waals surface area (Å²) in [6.07, 6.45) is 7.78. The summed E-state index contributed by atoms with van der Waals surface area (Å²) >= 11 is 6.42. The average molecular weight is 479 g/mol. The van der Waals surface area contributed by atoms with E-state index in [0.29, 0.717) is 23.1 Å². The van der Waals surface area contributed by atoms with Crippen LogP contribution in [0.5, 0.6) is 0 Å². The largest absolute Gasteiger partial charge is 0.403 e. The Morgan fingerprint density at radius 3 is 2.85 bits per heavy atom. The van der Waals surface area contributed by atoms with Crippen molar-refractivity contribution in [1.82, 2.24) is 29.9 Å². The number of H-pyrrole nitrogens is 1. The number of rotatable bonds is 6. The molecule has 4 heterocycles.